The lowest BCUT2D eigenvalue weighted by Gasteiger charge is -2.39. The van der Waals surface area contributed by atoms with Crippen LogP contribution in [0, 0.1) is 20.8 Å². The lowest BCUT2D eigenvalue weighted by Crippen LogP contribution is -2.32. The average molecular weight is 555 g/mol. The third kappa shape index (κ3) is 7.76. The molecule has 2 heteroatoms. The van der Waals surface area contributed by atoms with E-state index in [0.717, 1.165) is 32.6 Å². The van der Waals surface area contributed by atoms with Crippen LogP contribution in [0.2, 0.25) is 0 Å². The van der Waals surface area contributed by atoms with Crippen molar-refractivity contribution in [2.24, 2.45) is 0 Å². The van der Waals surface area contributed by atoms with E-state index in [1.165, 1.54) is 89.7 Å². The van der Waals surface area contributed by atoms with Gasteiger partial charge in [0.2, 0.25) is 0 Å². The number of nitrogens with zero attached hydrogens (tertiary/aromatic N) is 2. The summed E-state index contributed by atoms with van der Waals surface area (Å²) in [7, 11) is 0. The van der Waals surface area contributed by atoms with Gasteiger partial charge in [-0.1, -0.05) is 93.8 Å². The topological polar surface area (TPSA) is 6.48 Å². The summed E-state index contributed by atoms with van der Waals surface area (Å²) in [6.07, 6.45) is 10.4. The first-order chi connectivity index (χ1) is 19.9. The first-order valence-corrected chi connectivity index (χ1v) is 16.6. The SMILES string of the molecule is CCCCCCCCCC(c1ccc(C)cc1)(c1ccc(N(CC)CC)cc1C)c1ccc(N(CC)CC)cc1C. The number of rotatable bonds is 17. The summed E-state index contributed by atoms with van der Waals surface area (Å²) in [5, 5.41) is 0. The van der Waals surface area contributed by atoms with Gasteiger partial charge >= 0.3 is 0 Å². The van der Waals surface area contributed by atoms with Crippen LogP contribution < -0.4 is 9.80 Å². The van der Waals surface area contributed by atoms with E-state index in [1.54, 1.807) is 0 Å². The molecule has 41 heavy (non-hydrogen) atoms. The molecule has 0 amide bonds. The van der Waals surface area contributed by atoms with Crippen LogP contribution in [0.1, 0.15) is 119 Å². The monoisotopic (exact) mass is 554 g/mol. The van der Waals surface area contributed by atoms with Crippen molar-refractivity contribution in [3.05, 3.63) is 94.0 Å². The molecular weight excluding hydrogens is 496 g/mol. The lowest BCUT2D eigenvalue weighted by molar-refractivity contribution is 0.493. The van der Waals surface area contributed by atoms with Gasteiger partial charge in [0.25, 0.3) is 0 Å². The predicted octanol–water partition coefficient (Wildman–Crippen LogP) is 10.8. The highest BCUT2D eigenvalue weighted by Crippen LogP contribution is 2.47. The minimum Gasteiger partial charge on any atom is -0.372 e. The Labute approximate surface area is 253 Å². The highest BCUT2D eigenvalue weighted by Gasteiger charge is 2.38. The van der Waals surface area contributed by atoms with Crippen LogP contribution in [-0.2, 0) is 5.41 Å². The Morgan fingerprint density at radius 1 is 0.512 bits per heavy atom. The summed E-state index contributed by atoms with van der Waals surface area (Å²) in [4.78, 5) is 4.93. The van der Waals surface area contributed by atoms with Gasteiger partial charge in [-0.15, -0.1) is 0 Å². The second kappa shape index (κ2) is 16.0. The molecule has 224 valence electrons. The molecule has 0 N–H and O–H groups in total. The standard InChI is InChI=1S/C39H58N2/c1-9-14-15-16-17-18-19-28-39(34-22-20-31(6)21-23-34,37-26-24-35(29-32(37)7)40(10-2)11-3)38-27-25-36(30-33(38)8)41(12-4)13-5/h20-27,29-30H,9-19,28H2,1-8H3. The van der Waals surface area contributed by atoms with Crippen molar-refractivity contribution in [3.8, 4) is 0 Å². The van der Waals surface area contributed by atoms with Gasteiger partial charge in [-0.3, -0.25) is 0 Å². The highest BCUT2D eigenvalue weighted by molar-refractivity contribution is 5.62. The summed E-state index contributed by atoms with van der Waals surface area (Å²) >= 11 is 0. The highest BCUT2D eigenvalue weighted by atomic mass is 15.1. The van der Waals surface area contributed by atoms with E-state index in [9.17, 15) is 0 Å². The second-order valence-electron chi connectivity index (χ2n) is 12.0. The van der Waals surface area contributed by atoms with E-state index in [-0.39, 0.29) is 5.41 Å². The quantitative estimate of drug-likeness (QED) is 0.121. The summed E-state index contributed by atoms with van der Waals surface area (Å²) in [5.74, 6) is 0. The zero-order valence-corrected chi connectivity index (χ0v) is 27.7. The van der Waals surface area contributed by atoms with E-state index >= 15 is 0 Å². The normalized spacial score (nSPS) is 11.6. The van der Waals surface area contributed by atoms with E-state index < -0.39 is 0 Å². The Balaban J connectivity index is 2.20. The van der Waals surface area contributed by atoms with Crippen LogP contribution in [0.3, 0.4) is 0 Å². The van der Waals surface area contributed by atoms with Crippen molar-refractivity contribution in [2.75, 3.05) is 36.0 Å². The Kier molecular flexibility index (Phi) is 12.8. The molecule has 0 radical (unpaired) electrons. The number of unbranched alkanes of at least 4 members (excludes halogenated alkanes) is 6. The number of anilines is 2. The van der Waals surface area contributed by atoms with Crippen molar-refractivity contribution in [1.29, 1.82) is 0 Å². The Hall–Kier alpha value is -2.74. The molecule has 0 fully saturated rings. The predicted molar refractivity (Wildman–Crippen MR) is 183 cm³/mol. The maximum atomic E-state index is 2.46. The van der Waals surface area contributed by atoms with Gasteiger partial charge in [-0.2, -0.15) is 0 Å². The maximum absolute atomic E-state index is 2.46. The fourth-order valence-corrected chi connectivity index (χ4v) is 6.88. The number of aryl methyl sites for hydroxylation is 3. The molecule has 0 aromatic heterocycles. The molecule has 2 nitrogen and oxygen atoms in total. The Morgan fingerprint density at radius 3 is 1.37 bits per heavy atom. The number of hydrogen-bond donors (Lipinski definition) is 0. The number of benzene rings is 3. The summed E-state index contributed by atoms with van der Waals surface area (Å²) in [6, 6.07) is 24.0. The van der Waals surface area contributed by atoms with Gasteiger partial charge in [0.1, 0.15) is 0 Å². The van der Waals surface area contributed by atoms with Crippen molar-refractivity contribution >= 4 is 11.4 Å². The average Bonchev–Trinajstić information content (AvgIpc) is 2.97. The molecule has 0 saturated heterocycles. The molecule has 3 aromatic carbocycles. The van der Waals surface area contributed by atoms with Gasteiger partial charge < -0.3 is 9.80 Å². The summed E-state index contributed by atoms with van der Waals surface area (Å²) in [6.45, 7) is 22.3. The van der Waals surface area contributed by atoms with Crippen LogP contribution >= 0.6 is 0 Å². The van der Waals surface area contributed by atoms with Gasteiger partial charge in [-0.05, 0) is 107 Å². The minimum atomic E-state index is -0.186. The molecule has 0 atom stereocenters. The number of hydrogen-bond acceptors (Lipinski definition) is 2. The first-order valence-electron chi connectivity index (χ1n) is 16.6. The van der Waals surface area contributed by atoms with E-state index in [0.29, 0.717) is 0 Å². The van der Waals surface area contributed by atoms with Crippen molar-refractivity contribution < 1.29 is 0 Å². The zero-order chi connectivity index (χ0) is 29.8. The zero-order valence-electron chi connectivity index (χ0n) is 27.7. The van der Waals surface area contributed by atoms with Crippen molar-refractivity contribution in [2.45, 2.75) is 112 Å². The van der Waals surface area contributed by atoms with Crippen LogP contribution in [0.15, 0.2) is 60.7 Å². The maximum Gasteiger partial charge on any atom is 0.0456 e. The molecule has 3 rings (SSSR count). The lowest BCUT2D eigenvalue weighted by atomic mass is 9.64. The third-order valence-electron chi connectivity index (χ3n) is 9.30. The fourth-order valence-electron chi connectivity index (χ4n) is 6.88. The van der Waals surface area contributed by atoms with E-state index in [1.807, 2.05) is 0 Å². The summed E-state index contributed by atoms with van der Waals surface area (Å²) < 4.78 is 0. The van der Waals surface area contributed by atoms with Crippen molar-refractivity contribution in [1.82, 2.24) is 0 Å². The molecule has 0 heterocycles. The van der Waals surface area contributed by atoms with Gasteiger partial charge in [-0.25, -0.2) is 0 Å². The molecule has 0 bridgehead atoms. The smallest absolute Gasteiger partial charge is 0.0456 e. The molecule has 0 aliphatic rings. The van der Waals surface area contributed by atoms with Crippen LogP contribution in [0.5, 0.6) is 0 Å². The first kappa shape index (κ1) is 32.8. The minimum absolute atomic E-state index is 0.186. The van der Waals surface area contributed by atoms with Crippen molar-refractivity contribution in [3.63, 3.8) is 0 Å². The molecule has 3 aromatic rings. The molecule has 0 spiro atoms. The molecule has 0 unspecified atom stereocenters. The van der Waals surface area contributed by atoms with E-state index in [2.05, 4.69) is 126 Å². The van der Waals surface area contributed by atoms with Crippen LogP contribution in [0.25, 0.3) is 0 Å². The summed E-state index contributed by atoms with van der Waals surface area (Å²) in [5.41, 5.74) is 10.9. The third-order valence-corrected chi connectivity index (χ3v) is 9.30. The van der Waals surface area contributed by atoms with Crippen LogP contribution in [-0.4, -0.2) is 26.2 Å². The largest absolute Gasteiger partial charge is 0.372 e. The molecule has 0 saturated carbocycles. The molecule has 0 aliphatic carbocycles. The fraction of sp³-hybridized carbons (Fsp3) is 0.538. The molecule has 0 aliphatic heterocycles. The van der Waals surface area contributed by atoms with Crippen LogP contribution in [0.4, 0.5) is 11.4 Å². The van der Waals surface area contributed by atoms with E-state index in [4.69, 9.17) is 0 Å². The van der Waals surface area contributed by atoms with Gasteiger partial charge in [0, 0.05) is 43.0 Å². The van der Waals surface area contributed by atoms with Gasteiger partial charge in [0.05, 0.1) is 0 Å². The van der Waals surface area contributed by atoms with Gasteiger partial charge in [0.15, 0.2) is 0 Å². The Morgan fingerprint density at radius 2 is 0.951 bits per heavy atom. The second-order valence-corrected chi connectivity index (χ2v) is 12.0. The molecular formula is C39H58N2. The Bertz CT molecular complexity index is 1120.